The third kappa shape index (κ3) is 3.05. The van der Waals surface area contributed by atoms with Gasteiger partial charge in [-0.05, 0) is 24.0 Å². The van der Waals surface area contributed by atoms with Gasteiger partial charge in [-0.15, -0.1) is 0 Å². The van der Waals surface area contributed by atoms with Crippen LogP contribution in [0.15, 0.2) is 12.1 Å². The average Bonchev–Trinajstić information content (AvgIpc) is 3.32. The summed E-state index contributed by atoms with van der Waals surface area (Å²) in [4.78, 5) is 25.9. The van der Waals surface area contributed by atoms with E-state index >= 15 is 0 Å². The molecule has 0 spiro atoms. The van der Waals surface area contributed by atoms with Crippen LogP contribution in [0.25, 0.3) is 0 Å². The third-order valence-electron chi connectivity index (χ3n) is 6.31. The molecule has 5 rings (SSSR count). The second-order valence-corrected chi connectivity index (χ2v) is 8.38. The van der Waals surface area contributed by atoms with Gasteiger partial charge in [-0.1, -0.05) is 18.3 Å². The summed E-state index contributed by atoms with van der Waals surface area (Å²) < 4.78 is 11.1. The van der Waals surface area contributed by atoms with Gasteiger partial charge in [-0.3, -0.25) is 4.79 Å². The summed E-state index contributed by atoms with van der Waals surface area (Å²) in [7, 11) is 0. The zero-order valence-corrected chi connectivity index (χ0v) is 15.5. The number of fused-ring (bicyclic) bond motifs is 3. The number of carbonyl (C=O) groups excluding carboxylic acids is 1. The Kier molecular flexibility index (Phi) is 4.08. The summed E-state index contributed by atoms with van der Waals surface area (Å²) in [5, 5.41) is 42.4. The fourth-order valence-corrected chi connectivity index (χ4v) is 4.61. The Hall–Kier alpha value is -2.34. The molecule has 0 aromatic heterocycles. The average molecular weight is 405 g/mol. The number of β-amino-alcohol motifs (C(OH)–C–C–N with tert-alkyl or cyclic N) is 1. The zero-order chi connectivity index (χ0) is 20.5. The molecule has 3 aliphatic heterocycles. The molecule has 0 radical (unpaired) electrons. The Morgan fingerprint density at radius 1 is 1.24 bits per heavy atom. The highest BCUT2D eigenvalue weighted by Crippen LogP contribution is 2.63. The van der Waals surface area contributed by atoms with Crippen molar-refractivity contribution < 1.29 is 39.2 Å². The minimum absolute atomic E-state index is 0.0462. The number of hydrogen-bond acceptors (Lipinski definition) is 8. The molecule has 1 aromatic rings. The van der Waals surface area contributed by atoms with E-state index in [-0.39, 0.29) is 35.0 Å². The molecular formula is C18H22BN2O8-. The number of rotatable bonds is 4. The number of carboxylic acids is 1. The summed E-state index contributed by atoms with van der Waals surface area (Å²) in [5.41, 5.74) is 0.421. The fourth-order valence-electron chi connectivity index (χ4n) is 4.61. The van der Waals surface area contributed by atoms with Crippen molar-refractivity contribution in [1.82, 2.24) is 10.2 Å². The second-order valence-electron chi connectivity index (χ2n) is 8.38. The molecule has 29 heavy (non-hydrogen) atoms. The van der Waals surface area contributed by atoms with E-state index in [2.05, 4.69) is 5.32 Å². The molecular weight excluding hydrogens is 383 g/mol. The number of aliphatic hydroxyl groups is 1. The first kappa shape index (κ1) is 18.7. The fraction of sp³-hybridized carbons (Fsp3) is 0.556. The van der Waals surface area contributed by atoms with E-state index in [1.54, 1.807) is 17.0 Å². The standard InChI is InChI=1S/C18H22BN2O8/c22-8-3-13(20-5-8)17(23)21-6-9(7-21)28-14-2-1-10-11-4-12(11)19(26,27)29-16(10)15(14)18(24)25/h1-2,8-9,11-13,20,22,26-27H,3-7H2,(H,24,25)/q-1/t8-,11+,12+,13+/m1/s1. The van der Waals surface area contributed by atoms with Crippen LogP contribution in [0.1, 0.15) is 34.7 Å². The predicted octanol–water partition coefficient (Wildman–Crippen LogP) is -1.13. The lowest BCUT2D eigenvalue weighted by Crippen LogP contribution is -2.59. The highest BCUT2D eigenvalue weighted by atomic mass is 16.6. The van der Waals surface area contributed by atoms with Crippen LogP contribution in [0.5, 0.6) is 11.5 Å². The number of aliphatic hydroxyl groups excluding tert-OH is 1. The van der Waals surface area contributed by atoms with Gasteiger partial charge in [0, 0.05) is 6.54 Å². The first-order chi connectivity index (χ1) is 13.7. The number of ether oxygens (including phenoxy) is 1. The van der Waals surface area contributed by atoms with Crippen LogP contribution < -0.4 is 14.7 Å². The minimum Gasteiger partial charge on any atom is -0.669 e. The van der Waals surface area contributed by atoms with Gasteiger partial charge in [0.1, 0.15) is 17.4 Å². The highest BCUT2D eigenvalue weighted by Gasteiger charge is 2.55. The maximum absolute atomic E-state index is 12.4. The normalized spacial score (nSPS) is 31.9. The molecule has 10 nitrogen and oxygen atoms in total. The van der Waals surface area contributed by atoms with Crippen LogP contribution in [0, 0.1) is 0 Å². The Balaban J connectivity index is 1.30. The van der Waals surface area contributed by atoms with Crippen molar-refractivity contribution >= 4 is 18.6 Å². The highest BCUT2D eigenvalue weighted by molar-refractivity contribution is 6.62. The maximum Gasteiger partial charge on any atom is 0.434 e. The summed E-state index contributed by atoms with van der Waals surface area (Å²) in [5.74, 6) is -1.87. The molecule has 0 bridgehead atoms. The van der Waals surface area contributed by atoms with E-state index in [4.69, 9.17) is 9.39 Å². The first-order valence-electron chi connectivity index (χ1n) is 9.80. The van der Waals surface area contributed by atoms with Crippen molar-refractivity contribution in [3.8, 4) is 11.5 Å². The molecule has 1 aliphatic carbocycles. The van der Waals surface area contributed by atoms with Crippen molar-refractivity contribution in [2.45, 2.75) is 42.8 Å². The summed E-state index contributed by atoms with van der Waals surface area (Å²) >= 11 is 0. The topological polar surface area (TPSA) is 149 Å². The van der Waals surface area contributed by atoms with E-state index in [1.165, 1.54) is 0 Å². The lowest BCUT2D eigenvalue weighted by molar-refractivity contribution is -0.142. The van der Waals surface area contributed by atoms with E-state index < -0.39 is 30.7 Å². The van der Waals surface area contributed by atoms with E-state index in [9.17, 15) is 29.9 Å². The van der Waals surface area contributed by atoms with Crippen molar-refractivity contribution in [2.24, 2.45) is 0 Å². The van der Waals surface area contributed by atoms with E-state index in [1.807, 2.05) is 0 Å². The number of nitrogens with one attached hydrogen (secondary N) is 1. The number of aromatic carboxylic acids is 1. The molecule has 0 unspecified atom stereocenters. The number of amides is 1. The molecule has 5 N–H and O–H groups in total. The molecule has 4 atom stereocenters. The van der Waals surface area contributed by atoms with Gasteiger partial charge in [0.25, 0.3) is 0 Å². The lowest BCUT2D eigenvalue weighted by Gasteiger charge is -2.41. The monoisotopic (exact) mass is 405 g/mol. The molecule has 1 saturated carbocycles. The number of nitrogens with zero attached hydrogens (tertiary/aromatic N) is 1. The Bertz CT molecular complexity index is 887. The Labute approximate surface area is 166 Å². The molecule has 156 valence electrons. The molecule has 11 heteroatoms. The number of carboxylic acid groups (broad SMARTS) is 1. The molecule has 4 aliphatic rings. The Morgan fingerprint density at radius 2 is 2.00 bits per heavy atom. The van der Waals surface area contributed by atoms with Gasteiger partial charge < -0.3 is 39.9 Å². The maximum atomic E-state index is 12.4. The summed E-state index contributed by atoms with van der Waals surface area (Å²) in [6.45, 7) is -2.09. The van der Waals surface area contributed by atoms with Crippen molar-refractivity contribution in [3.05, 3.63) is 23.3 Å². The van der Waals surface area contributed by atoms with Crippen LogP contribution in [0.2, 0.25) is 5.82 Å². The SMILES string of the molecule is O=C(O)c1c(OC2CN(C(=O)[C@@H]3C[C@@H](O)CN3)C2)ccc2c1O[B-](O)(O)[C@H]1C[C@@H]21. The minimum atomic E-state index is -3.09. The third-order valence-corrected chi connectivity index (χ3v) is 6.31. The van der Waals surface area contributed by atoms with Crippen molar-refractivity contribution in [2.75, 3.05) is 19.6 Å². The first-order valence-corrected chi connectivity index (χ1v) is 9.80. The van der Waals surface area contributed by atoms with Gasteiger partial charge in [0.15, 0.2) is 0 Å². The Morgan fingerprint density at radius 3 is 2.66 bits per heavy atom. The largest absolute Gasteiger partial charge is 0.669 e. The zero-order valence-electron chi connectivity index (χ0n) is 15.5. The van der Waals surface area contributed by atoms with Crippen LogP contribution in [0.4, 0.5) is 0 Å². The number of likely N-dealkylation sites (tertiary alicyclic amines) is 1. The smallest absolute Gasteiger partial charge is 0.434 e. The van der Waals surface area contributed by atoms with Gasteiger partial charge in [-0.2, -0.15) is 0 Å². The van der Waals surface area contributed by atoms with Crippen molar-refractivity contribution in [3.63, 3.8) is 0 Å². The second kappa shape index (κ2) is 6.33. The van der Waals surface area contributed by atoms with Gasteiger partial charge in [0.05, 0.1) is 31.0 Å². The van der Waals surface area contributed by atoms with Gasteiger partial charge in [0.2, 0.25) is 5.91 Å². The van der Waals surface area contributed by atoms with Crippen LogP contribution in [0.3, 0.4) is 0 Å². The van der Waals surface area contributed by atoms with Crippen LogP contribution in [-0.2, 0) is 4.79 Å². The summed E-state index contributed by atoms with van der Waals surface area (Å²) in [6, 6.07) is 2.86. The van der Waals surface area contributed by atoms with Crippen LogP contribution in [-0.4, -0.2) is 81.7 Å². The molecule has 3 heterocycles. The molecule has 1 amide bonds. The van der Waals surface area contributed by atoms with E-state index in [0.29, 0.717) is 38.0 Å². The lowest BCUT2D eigenvalue weighted by atomic mass is 9.68. The molecule has 3 fully saturated rings. The quantitative estimate of drug-likeness (QED) is 0.393. The summed E-state index contributed by atoms with van der Waals surface area (Å²) in [6.07, 6.45) is 0.0178. The van der Waals surface area contributed by atoms with Crippen molar-refractivity contribution in [1.29, 1.82) is 0 Å². The van der Waals surface area contributed by atoms with E-state index in [0.717, 1.165) is 0 Å². The molecule has 1 aromatic carbocycles. The number of hydrogen-bond donors (Lipinski definition) is 5. The van der Waals surface area contributed by atoms with Crippen LogP contribution >= 0.6 is 0 Å². The predicted molar refractivity (Wildman–Crippen MR) is 98.7 cm³/mol. The van der Waals surface area contributed by atoms with Gasteiger partial charge >= 0.3 is 12.7 Å². The van der Waals surface area contributed by atoms with Gasteiger partial charge in [-0.25, -0.2) is 4.79 Å². The molecule has 2 saturated heterocycles. The number of benzene rings is 1. The number of carbonyl (C=O) groups is 2.